The minimum Gasteiger partial charge on any atom is -0.307 e. The van der Waals surface area contributed by atoms with Gasteiger partial charge in [-0.3, -0.25) is 4.79 Å². The number of alkyl halides is 3. The van der Waals surface area contributed by atoms with Crippen LogP contribution in [0.4, 0.5) is 13.2 Å². The van der Waals surface area contributed by atoms with Gasteiger partial charge < -0.3 is 4.57 Å². The molecule has 2 aromatic heterocycles. The Kier molecular flexibility index (Phi) is 4.15. The summed E-state index contributed by atoms with van der Waals surface area (Å²) in [5.74, 6) is 0.758. The van der Waals surface area contributed by atoms with Gasteiger partial charge in [-0.15, -0.1) is 0 Å². The summed E-state index contributed by atoms with van der Waals surface area (Å²) in [7, 11) is 0. The fraction of sp³-hybridized carbons (Fsp3) is 0.462. The molecule has 0 aliphatic heterocycles. The summed E-state index contributed by atoms with van der Waals surface area (Å²) in [5, 5.41) is 4.02. The minimum absolute atomic E-state index is 0.0462. The molecule has 0 aromatic carbocycles. The third-order valence-corrected chi connectivity index (χ3v) is 2.87. The highest BCUT2D eigenvalue weighted by atomic mass is 19.4. The summed E-state index contributed by atoms with van der Waals surface area (Å²) in [6.07, 6.45) is -2.02. The molecule has 8 heteroatoms. The molecule has 0 unspecified atom stereocenters. The molecule has 0 saturated heterocycles. The van der Waals surface area contributed by atoms with Crippen molar-refractivity contribution in [3.8, 4) is 0 Å². The van der Waals surface area contributed by atoms with Crippen LogP contribution in [-0.2, 0) is 19.3 Å². The van der Waals surface area contributed by atoms with Crippen LogP contribution in [0.3, 0.4) is 0 Å². The molecule has 21 heavy (non-hydrogen) atoms. The topological polar surface area (TPSA) is 52.7 Å². The van der Waals surface area contributed by atoms with Crippen molar-refractivity contribution in [1.29, 1.82) is 0 Å². The van der Waals surface area contributed by atoms with E-state index in [4.69, 9.17) is 0 Å². The smallest absolute Gasteiger partial charge is 0.307 e. The Labute approximate surface area is 119 Å². The highest BCUT2D eigenvalue weighted by molar-refractivity contribution is 5.14. The van der Waals surface area contributed by atoms with E-state index in [9.17, 15) is 18.0 Å². The summed E-state index contributed by atoms with van der Waals surface area (Å²) in [6, 6.07) is 1.98. The number of halogens is 3. The van der Waals surface area contributed by atoms with Gasteiger partial charge in [0.1, 0.15) is 17.7 Å². The van der Waals surface area contributed by atoms with Crippen LogP contribution in [0, 0.1) is 5.92 Å². The zero-order chi connectivity index (χ0) is 15.6. The average Bonchev–Trinajstić information content (AvgIpc) is 2.77. The first-order valence-corrected chi connectivity index (χ1v) is 6.42. The fourth-order valence-corrected chi connectivity index (χ4v) is 1.94. The summed E-state index contributed by atoms with van der Waals surface area (Å²) in [4.78, 5) is 15.9. The SMILES string of the molecule is CC(C)Cn1ncnc1Cn1cccc(C(F)(F)F)c1=O. The largest absolute Gasteiger partial charge is 0.421 e. The molecule has 0 bridgehead atoms. The van der Waals surface area contributed by atoms with Gasteiger partial charge in [-0.05, 0) is 18.1 Å². The first kappa shape index (κ1) is 15.3. The second kappa shape index (κ2) is 5.71. The normalized spacial score (nSPS) is 12.1. The summed E-state index contributed by atoms with van der Waals surface area (Å²) in [5.41, 5.74) is -2.26. The van der Waals surface area contributed by atoms with Crippen LogP contribution in [0.1, 0.15) is 25.2 Å². The standard InChI is InChI=1S/C13H15F3N4O/c1-9(2)6-20-11(17-8-18-20)7-19-5-3-4-10(12(19)21)13(14,15)16/h3-5,8-9H,6-7H2,1-2H3. The lowest BCUT2D eigenvalue weighted by molar-refractivity contribution is -0.138. The van der Waals surface area contributed by atoms with Crippen LogP contribution >= 0.6 is 0 Å². The van der Waals surface area contributed by atoms with Gasteiger partial charge in [-0.1, -0.05) is 13.8 Å². The van der Waals surface area contributed by atoms with Crippen LogP contribution in [0.25, 0.3) is 0 Å². The van der Waals surface area contributed by atoms with Crippen molar-refractivity contribution in [2.45, 2.75) is 33.1 Å². The van der Waals surface area contributed by atoms with Crippen LogP contribution in [0.5, 0.6) is 0 Å². The molecule has 0 aliphatic rings. The third kappa shape index (κ3) is 3.50. The van der Waals surface area contributed by atoms with E-state index in [0.717, 1.165) is 10.6 Å². The van der Waals surface area contributed by atoms with E-state index in [2.05, 4.69) is 10.1 Å². The quantitative estimate of drug-likeness (QED) is 0.869. The number of hydrogen-bond acceptors (Lipinski definition) is 3. The Morgan fingerprint density at radius 2 is 2.05 bits per heavy atom. The molecule has 0 atom stereocenters. The van der Waals surface area contributed by atoms with Gasteiger partial charge in [0.2, 0.25) is 0 Å². The highest BCUT2D eigenvalue weighted by Crippen LogP contribution is 2.26. The first-order chi connectivity index (χ1) is 9.79. The second-order valence-electron chi connectivity index (χ2n) is 5.10. The lowest BCUT2D eigenvalue weighted by Crippen LogP contribution is -2.29. The van der Waals surface area contributed by atoms with Crippen LogP contribution in [0.2, 0.25) is 0 Å². The Morgan fingerprint density at radius 3 is 2.67 bits per heavy atom. The van der Waals surface area contributed by atoms with E-state index in [1.165, 1.54) is 18.6 Å². The number of hydrogen-bond donors (Lipinski definition) is 0. The molecule has 114 valence electrons. The van der Waals surface area contributed by atoms with Gasteiger partial charge in [-0.25, -0.2) is 9.67 Å². The summed E-state index contributed by atoms with van der Waals surface area (Å²) >= 11 is 0. The fourth-order valence-electron chi connectivity index (χ4n) is 1.94. The van der Waals surface area contributed by atoms with E-state index in [1.54, 1.807) is 4.68 Å². The van der Waals surface area contributed by atoms with Crippen molar-refractivity contribution in [3.05, 3.63) is 46.4 Å². The number of rotatable bonds is 4. The first-order valence-electron chi connectivity index (χ1n) is 6.42. The highest BCUT2D eigenvalue weighted by Gasteiger charge is 2.34. The molecular formula is C13H15F3N4O. The van der Waals surface area contributed by atoms with E-state index < -0.39 is 17.3 Å². The molecule has 0 saturated carbocycles. The molecule has 0 aliphatic carbocycles. The molecule has 0 amide bonds. The van der Waals surface area contributed by atoms with E-state index in [-0.39, 0.29) is 6.54 Å². The summed E-state index contributed by atoms with van der Waals surface area (Å²) < 4.78 is 40.7. The molecule has 2 heterocycles. The monoisotopic (exact) mass is 300 g/mol. The van der Waals surface area contributed by atoms with Gasteiger partial charge in [0.05, 0.1) is 6.54 Å². The zero-order valence-electron chi connectivity index (χ0n) is 11.6. The molecule has 5 nitrogen and oxygen atoms in total. The second-order valence-corrected chi connectivity index (χ2v) is 5.10. The Bertz CT molecular complexity index is 673. The predicted molar refractivity (Wildman–Crippen MR) is 69.7 cm³/mol. The lowest BCUT2D eigenvalue weighted by Gasteiger charge is -2.11. The number of aromatic nitrogens is 4. The maximum absolute atomic E-state index is 12.7. The zero-order valence-corrected chi connectivity index (χ0v) is 11.6. The molecule has 0 radical (unpaired) electrons. The third-order valence-electron chi connectivity index (χ3n) is 2.87. The van der Waals surface area contributed by atoms with Gasteiger partial charge in [0, 0.05) is 12.7 Å². The molecular weight excluding hydrogens is 285 g/mol. The summed E-state index contributed by atoms with van der Waals surface area (Å²) in [6.45, 7) is 4.52. The molecule has 2 rings (SSSR count). The average molecular weight is 300 g/mol. The van der Waals surface area contributed by atoms with E-state index >= 15 is 0 Å². The van der Waals surface area contributed by atoms with Crippen LogP contribution < -0.4 is 5.56 Å². The molecule has 0 fully saturated rings. The van der Waals surface area contributed by atoms with Crippen LogP contribution in [-0.4, -0.2) is 19.3 Å². The minimum atomic E-state index is -4.66. The predicted octanol–water partition coefficient (Wildman–Crippen LogP) is 2.16. The Hall–Kier alpha value is -2.12. The van der Waals surface area contributed by atoms with Crippen molar-refractivity contribution in [3.63, 3.8) is 0 Å². The maximum Gasteiger partial charge on any atom is 0.421 e. The Balaban J connectivity index is 2.33. The van der Waals surface area contributed by atoms with Gasteiger partial charge in [0.25, 0.3) is 5.56 Å². The van der Waals surface area contributed by atoms with Gasteiger partial charge in [0.15, 0.2) is 0 Å². The van der Waals surface area contributed by atoms with Crippen molar-refractivity contribution >= 4 is 0 Å². The van der Waals surface area contributed by atoms with Crippen molar-refractivity contribution < 1.29 is 13.2 Å². The molecule has 0 N–H and O–H groups in total. The van der Waals surface area contributed by atoms with Crippen molar-refractivity contribution in [2.24, 2.45) is 5.92 Å². The van der Waals surface area contributed by atoms with Gasteiger partial charge in [-0.2, -0.15) is 18.3 Å². The Morgan fingerprint density at radius 1 is 1.33 bits per heavy atom. The number of pyridine rings is 1. The number of nitrogens with zero attached hydrogens (tertiary/aromatic N) is 4. The van der Waals surface area contributed by atoms with E-state index in [0.29, 0.717) is 18.3 Å². The lowest BCUT2D eigenvalue weighted by atomic mass is 10.2. The van der Waals surface area contributed by atoms with E-state index in [1.807, 2.05) is 13.8 Å². The van der Waals surface area contributed by atoms with Crippen LogP contribution in [0.15, 0.2) is 29.5 Å². The molecule has 0 spiro atoms. The maximum atomic E-state index is 12.7. The van der Waals surface area contributed by atoms with Crippen molar-refractivity contribution in [1.82, 2.24) is 19.3 Å². The van der Waals surface area contributed by atoms with Gasteiger partial charge >= 0.3 is 6.18 Å². The molecule has 2 aromatic rings. The van der Waals surface area contributed by atoms with Crippen molar-refractivity contribution in [2.75, 3.05) is 0 Å².